The molecule has 0 aromatic carbocycles. The highest BCUT2D eigenvalue weighted by atomic mass is 14.3. The molecule has 0 saturated carbocycles. The van der Waals surface area contributed by atoms with Crippen molar-refractivity contribution >= 4 is 0 Å². The first-order valence-electron chi connectivity index (χ1n) is 5.97. The van der Waals surface area contributed by atoms with E-state index >= 15 is 0 Å². The van der Waals surface area contributed by atoms with Crippen LogP contribution in [0.5, 0.6) is 0 Å². The number of hydrogen-bond donors (Lipinski definition) is 0. The zero-order valence-corrected chi connectivity index (χ0v) is 10.6. The van der Waals surface area contributed by atoms with E-state index in [1.165, 1.54) is 24.8 Å². The van der Waals surface area contributed by atoms with Crippen molar-refractivity contribution in [3.05, 3.63) is 23.8 Å². The number of rotatable bonds is 6. The Labute approximate surface area is 90.1 Å². The van der Waals surface area contributed by atoms with E-state index in [0.29, 0.717) is 5.41 Å². The van der Waals surface area contributed by atoms with Gasteiger partial charge < -0.3 is 0 Å². The molecule has 0 aliphatic carbocycles. The van der Waals surface area contributed by atoms with Crippen molar-refractivity contribution in [1.82, 2.24) is 0 Å². The number of hydrogen-bond acceptors (Lipinski definition) is 0. The molecule has 0 aromatic heterocycles. The monoisotopic (exact) mass is 194 g/mol. The Balaban J connectivity index is 4.82. The van der Waals surface area contributed by atoms with Gasteiger partial charge in [0, 0.05) is 0 Å². The van der Waals surface area contributed by atoms with Crippen LogP contribution in [-0.2, 0) is 0 Å². The van der Waals surface area contributed by atoms with E-state index in [1.54, 1.807) is 0 Å². The summed E-state index contributed by atoms with van der Waals surface area (Å²) in [5.74, 6) is 0. The lowest BCUT2D eigenvalue weighted by atomic mass is 9.75. The third-order valence-electron chi connectivity index (χ3n) is 3.05. The van der Waals surface area contributed by atoms with Gasteiger partial charge in [-0.05, 0) is 37.2 Å². The summed E-state index contributed by atoms with van der Waals surface area (Å²) in [6.45, 7) is 11.3. The predicted octanol–water partition coefficient (Wildman–Crippen LogP) is 5.12. The zero-order chi connectivity index (χ0) is 11.0. The molecule has 0 aromatic rings. The van der Waals surface area contributed by atoms with Crippen LogP contribution < -0.4 is 0 Å². The molecule has 0 bridgehead atoms. The lowest BCUT2D eigenvalue weighted by Gasteiger charge is -2.29. The molecular weight excluding hydrogens is 168 g/mol. The highest BCUT2D eigenvalue weighted by Gasteiger charge is 2.23. The lowest BCUT2D eigenvalue weighted by molar-refractivity contribution is 0.354. The highest BCUT2D eigenvalue weighted by molar-refractivity contribution is 5.25. The molecule has 0 amide bonds. The van der Waals surface area contributed by atoms with Crippen LogP contribution >= 0.6 is 0 Å². The highest BCUT2D eigenvalue weighted by Crippen LogP contribution is 2.36. The molecule has 1 unspecified atom stereocenters. The van der Waals surface area contributed by atoms with Gasteiger partial charge in [-0.2, -0.15) is 0 Å². The third-order valence-corrected chi connectivity index (χ3v) is 3.05. The molecule has 0 aliphatic rings. The van der Waals surface area contributed by atoms with E-state index < -0.39 is 0 Å². The van der Waals surface area contributed by atoms with Gasteiger partial charge in [-0.1, -0.05) is 52.3 Å². The molecule has 0 radical (unpaired) electrons. The molecule has 1 atom stereocenters. The maximum absolute atomic E-state index is 2.39. The molecule has 14 heavy (non-hydrogen) atoms. The Morgan fingerprint density at radius 3 is 2.21 bits per heavy atom. The van der Waals surface area contributed by atoms with Crippen molar-refractivity contribution in [1.29, 1.82) is 0 Å². The van der Waals surface area contributed by atoms with Crippen LogP contribution in [0.1, 0.15) is 60.3 Å². The minimum atomic E-state index is 0.386. The van der Waals surface area contributed by atoms with Crippen molar-refractivity contribution < 1.29 is 0 Å². The second-order valence-corrected chi connectivity index (χ2v) is 4.23. The van der Waals surface area contributed by atoms with Crippen LogP contribution in [0.15, 0.2) is 23.8 Å². The Bertz CT molecular complexity index is 198. The van der Waals surface area contributed by atoms with Gasteiger partial charge in [0.15, 0.2) is 0 Å². The smallest absolute Gasteiger partial charge is 0.00812 e. The van der Waals surface area contributed by atoms with Gasteiger partial charge in [-0.15, -0.1) is 0 Å². The summed E-state index contributed by atoms with van der Waals surface area (Å²) in [4.78, 5) is 0. The van der Waals surface area contributed by atoms with Gasteiger partial charge in [0.05, 0.1) is 0 Å². The van der Waals surface area contributed by atoms with Gasteiger partial charge in [0.1, 0.15) is 0 Å². The van der Waals surface area contributed by atoms with E-state index in [1.807, 2.05) is 0 Å². The van der Waals surface area contributed by atoms with Crippen molar-refractivity contribution in [2.75, 3.05) is 0 Å². The summed E-state index contributed by atoms with van der Waals surface area (Å²) in [7, 11) is 0. The minimum Gasteiger partial charge on any atom is -0.0874 e. The maximum Gasteiger partial charge on any atom is -0.00812 e. The largest absolute Gasteiger partial charge is 0.0874 e. The van der Waals surface area contributed by atoms with Crippen molar-refractivity contribution in [2.24, 2.45) is 5.41 Å². The van der Waals surface area contributed by atoms with Crippen LogP contribution in [0.3, 0.4) is 0 Å². The Hall–Kier alpha value is -0.520. The molecule has 0 nitrogen and oxygen atoms in total. The van der Waals surface area contributed by atoms with Crippen molar-refractivity contribution in [2.45, 2.75) is 60.3 Å². The van der Waals surface area contributed by atoms with Crippen molar-refractivity contribution in [3.63, 3.8) is 0 Å². The normalized spacial score (nSPS) is 17.4. The van der Waals surface area contributed by atoms with E-state index in [4.69, 9.17) is 0 Å². The standard InChI is InChI=1S/C14H26/c1-6-10-13(11-7-2)14(5,9-4)12-8-3/h6,10-11H,7-9,12H2,1-5H3/b10-6-,13-11+. The molecule has 0 aliphatic heterocycles. The predicted molar refractivity (Wildman–Crippen MR) is 66.5 cm³/mol. The zero-order valence-electron chi connectivity index (χ0n) is 10.6. The minimum absolute atomic E-state index is 0.386. The molecule has 0 saturated heterocycles. The molecule has 0 spiro atoms. The Morgan fingerprint density at radius 1 is 1.21 bits per heavy atom. The quantitative estimate of drug-likeness (QED) is 0.515. The van der Waals surface area contributed by atoms with E-state index in [-0.39, 0.29) is 0 Å². The molecule has 0 heteroatoms. The fourth-order valence-electron chi connectivity index (χ4n) is 1.99. The van der Waals surface area contributed by atoms with Crippen LogP contribution in [0.25, 0.3) is 0 Å². The van der Waals surface area contributed by atoms with E-state index in [2.05, 4.69) is 52.8 Å². The fraction of sp³-hybridized carbons (Fsp3) is 0.714. The summed E-state index contributed by atoms with van der Waals surface area (Å²) in [5, 5.41) is 0. The molecule has 0 fully saturated rings. The second kappa shape index (κ2) is 6.86. The molecule has 0 rings (SSSR count). The van der Waals surface area contributed by atoms with E-state index in [9.17, 15) is 0 Å². The average Bonchev–Trinajstić information content (AvgIpc) is 2.18. The van der Waals surface area contributed by atoms with Crippen LogP contribution in [0.2, 0.25) is 0 Å². The lowest BCUT2D eigenvalue weighted by Crippen LogP contribution is -2.17. The van der Waals surface area contributed by atoms with Crippen LogP contribution in [0.4, 0.5) is 0 Å². The maximum atomic E-state index is 2.39. The first-order valence-corrected chi connectivity index (χ1v) is 5.97. The summed E-state index contributed by atoms with van der Waals surface area (Å²) in [6, 6.07) is 0. The first-order chi connectivity index (χ1) is 6.64. The molecule has 0 heterocycles. The van der Waals surface area contributed by atoms with Crippen LogP contribution in [0, 0.1) is 5.41 Å². The van der Waals surface area contributed by atoms with Gasteiger partial charge >= 0.3 is 0 Å². The summed E-state index contributed by atoms with van der Waals surface area (Å²) >= 11 is 0. The van der Waals surface area contributed by atoms with Gasteiger partial charge in [0.2, 0.25) is 0 Å². The molecular formula is C14H26. The topological polar surface area (TPSA) is 0 Å². The second-order valence-electron chi connectivity index (χ2n) is 4.23. The van der Waals surface area contributed by atoms with Crippen molar-refractivity contribution in [3.8, 4) is 0 Å². The first kappa shape index (κ1) is 13.5. The Kier molecular flexibility index (Phi) is 6.61. The number of allylic oxidation sites excluding steroid dienone is 4. The average molecular weight is 194 g/mol. The summed E-state index contributed by atoms with van der Waals surface area (Å²) in [5.41, 5.74) is 1.91. The van der Waals surface area contributed by atoms with Gasteiger partial charge in [0.25, 0.3) is 0 Å². The summed E-state index contributed by atoms with van der Waals surface area (Å²) < 4.78 is 0. The SMILES string of the molecule is C/C=C\C(=C/CC)C(C)(CC)CCC. The fourth-order valence-corrected chi connectivity index (χ4v) is 1.99. The van der Waals surface area contributed by atoms with Crippen LogP contribution in [-0.4, -0.2) is 0 Å². The molecule has 82 valence electrons. The van der Waals surface area contributed by atoms with Gasteiger partial charge in [-0.25, -0.2) is 0 Å². The molecule has 0 N–H and O–H groups in total. The van der Waals surface area contributed by atoms with Gasteiger partial charge in [-0.3, -0.25) is 0 Å². The Morgan fingerprint density at radius 2 is 1.86 bits per heavy atom. The van der Waals surface area contributed by atoms with E-state index in [0.717, 1.165) is 6.42 Å². The third kappa shape index (κ3) is 3.69. The summed E-state index contributed by atoms with van der Waals surface area (Å²) in [6.07, 6.45) is 11.7.